The molecule has 2 fully saturated rings. The van der Waals surface area contributed by atoms with E-state index in [0.29, 0.717) is 18.0 Å². The summed E-state index contributed by atoms with van der Waals surface area (Å²) >= 11 is 0. The largest absolute Gasteiger partial charge is 0.347 e. The van der Waals surface area contributed by atoms with E-state index in [0.717, 1.165) is 31.0 Å². The first-order valence-corrected chi connectivity index (χ1v) is 8.74. The number of benzene rings is 1. The van der Waals surface area contributed by atoms with Crippen LogP contribution in [0.3, 0.4) is 0 Å². The first kappa shape index (κ1) is 17.4. The molecule has 6 nitrogen and oxygen atoms in total. The fourth-order valence-electron chi connectivity index (χ4n) is 3.98. The quantitative estimate of drug-likeness (QED) is 0.870. The zero-order valence-electron chi connectivity index (χ0n) is 14.4. The third-order valence-electron chi connectivity index (χ3n) is 5.10. The number of anilines is 1. The van der Waals surface area contributed by atoms with Crippen molar-refractivity contribution >= 4 is 17.6 Å². The standard InChI is InChI=1S/C19H18F2N4O2/c20-13-6-14(21)8-15(7-13)23-19(27)25-10-11-4-16(17(25)5-11)24-18(26)12-2-1-3-22-9-12/h1-3,6-9,11,16-17H,4-5,10H2,(H,23,27)(H,24,26)/t11-,16+,17-/m1/s1. The molecular formula is C19H18F2N4O2. The highest BCUT2D eigenvalue weighted by atomic mass is 19.1. The van der Waals surface area contributed by atoms with Gasteiger partial charge in [-0.1, -0.05) is 0 Å². The van der Waals surface area contributed by atoms with Gasteiger partial charge in [-0.3, -0.25) is 9.78 Å². The number of nitrogens with one attached hydrogen (secondary N) is 2. The van der Waals surface area contributed by atoms with Gasteiger partial charge in [-0.2, -0.15) is 0 Å². The summed E-state index contributed by atoms with van der Waals surface area (Å²) in [6, 6.07) is 5.52. The van der Waals surface area contributed by atoms with Crippen LogP contribution in [0.25, 0.3) is 0 Å². The van der Waals surface area contributed by atoms with Crippen LogP contribution in [-0.4, -0.2) is 40.5 Å². The van der Waals surface area contributed by atoms with Crippen LogP contribution in [0.2, 0.25) is 0 Å². The molecule has 4 rings (SSSR count). The molecule has 1 saturated carbocycles. The van der Waals surface area contributed by atoms with Crippen molar-refractivity contribution in [3.05, 3.63) is 59.9 Å². The minimum absolute atomic E-state index is 0.0659. The van der Waals surface area contributed by atoms with Crippen LogP contribution in [-0.2, 0) is 0 Å². The molecule has 3 amide bonds. The maximum atomic E-state index is 13.3. The van der Waals surface area contributed by atoms with Crippen molar-refractivity contribution in [3.8, 4) is 0 Å². The number of likely N-dealkylation sites (tertiary alicyclic amines) is 1. The van der Waals surface area contributed by atoms with Gasteiger partial charge >= 0.3 is 6.03 Å². The third-order valence-corrected chi connectivity index (χ3v) is 5.10. The van der Waals surface area contributed by atoms with Gasteiger partial charge in [-0.15, -0.1) is 0 Å². The molecule has 2 bridgehead atoms. The molecule has 27 heavy (non-hydrogen) atoms. The van der Waals surface area contributed by atoms with Gasteiger partial charge in [0.2, 0.25) is 0 Å². The summed E-state index contributed by atoms with van der Waals surface area (Å²) < 4.78 is 26.6. The van der Waals surface area contributed by atoms with E-state index in [2.05, 4.69) is 15.6 Å². The maximum absolute atomic E-state index is 13.3. The summed E-state index contributed by atoms with van der Waals surface area (Å²) in [4.78, 5) is 30.5. The molecule has 3 atom stereocenters. The Hall–Kier alpha value is -3.03. The summed E-state index contributed by atoms with van der Waals surface area (Å²) in [6.07, 6.45) is 4.68. The molecule has 1 aliphatic heterocycles. The SMILES string of the molecule is O=C(N[C@H]1C[C@@H]2C[C@H]1N(C(=O)Nc1cc(F)cc(F)c1)C2)c1cccnc1. The van der Waals surface area contributed by atoms with Gasteiger partial charge in [0.25, 0.3) is 5.91 Å². The zero-order chi connectivity index (χ0) is 19.0. The number of urea groups is 1. The Morgan fingerprint density at radius 3 is 2.59 bits per heavy atom. The number of halogens is 2. The minimum atomic E-state index is -0.755. The number of pyridine rings is 1. The molecule has 1 aliphatic carbocycles. The van der Waals surface area contributed by atoms with Gasteiger partial charge in [0.15, 0.2) is 0 Å². The molecule has 8 heteroatoms. The number of fused-ring (bicyclic) bond motifs is 2. The number of aromatic nitrogens is 1. The van der Waals surface area contributed by atoms with Gasteiger partial charge < -0.3 is 15.5 Å². The molecule has 2 N–H and O–H groups in total. The van der Waals surface area contributed by atoms with E-state index in [1.165, 1.54) is 6.20 Å². The summed E-state index contributed by atoms with van der Waals surface area (Å²) in [6.45, 7) is 0.563. The Morgan fingerprint density at radius 1 is 1.15 bits per heavy atom. The van der Waals surface area contributed by atoms with Crippen molar-refractivity contribution in [1.82, 2.24) is 15.2 Å². The Balaban J connectivity index is 1.43. The fourth-order valence-corrected chi connectivity index (χ4v) is 3.98. The highest BCUT2D eigenvalue weighted by Gasteiger charge is 2.47. The van der Waals surface area contributed by atoms with Crippen molar-refractivity contribution in [2.45, 2.75) is 24.9 Å². The van der Waals surface area contributed by atoms with Crippen molar-refractivity contribution in [2.75, 3.05) is 11.9 Å². The lowest BCUT2D eigenvalue weighted by Gasteiger charge is -2.33. The van der Waals surface area contributed by atoms with Gasteiger partial charge in [0, 0.05) is 36.7 Å². The van der Waals surface area contributed by atoms with E-state index < -0.39 is 17.7 Å². The van der Waals surface area contributed by atoms with Crippen LogP contribution in [0, 0.1) is 17.6 Å². The number of rotatable bonds is 3. The van der Waals surface area contributed by atoms with Crippen LogP contribution in [0.4, 0.5) is 19.3 Å². The monoisotopic (exact) mass is 372 g/mol. The predicted molar refractivity (Wildman–Crippen MR) is 94.1 cm³/mol. The first-order valence-electron chi connectivity index (χ1n) is 8.74. The van der Waals surface area contributed by atoms with Crippen LogP contribution in [0.1, 0.15) is 23.2 Å². The number of nitrogens with zero attached hydrogens (tertiary/aromatic N) is 2. The van der Waals surface area contributed by atoms with Gasteiger partial charge in [-0.05, 0) is 43.0 Å². The molecule has 0 radical (unpaired) electrons. The van der Waals surface area contributed by atoms with Gasteiger partial charge in [0.1, 0.15) is 11.6 Å². The van der Waals surface area contributed by atoms with Crippen LogP contribution in [0.5, 0.6) is 0 Å². The van der Waals surface area contributed by atoms with E-state index in [1.54, 1.807) is 23.2 Å². The van der Waals surface area contributed by atoms with E-state index in [1.807, 2.05) is 0 Å². The lowest BCUT2D eigenvalue weighted by Crippen LogP contribution is -2.53. The summed E-state index contributed by atoms with van der Waals surface area (Å²) in [5.74, 6) is -1.44. The predicted octanol–water partition coefficient (Wildman–Crippen LogP) is 2.78. The number of carbonyl (C=O) groups excluding carboxylic acids is 2. The molecule has 140 valence electrons. The molecule has 0 spiro atoms. The third kappa shape index (κ3) is 3.60. The number of amides is 3. The lowest BCUT2D eigenvalue weighted by molar-refractivity contribution is 0.0905. The van der Waals surface area contributed by atoms with Gasteiger partial charge in [0.05, 0.1) is 11.6 Å². The summed E-state index contributed by atoms with van der Waals surface area (Å²) in [5, 5.41) is 5.51. The summed E-state index contributed by atoms with van der Waals surface area (Å²) in [5.41, 5.74) is 0.530. The lowest BCUT2D eigenvalue weighted by atomic mass is 10.1. The fraction of sp³-hybridized carbons (Fsp3) is 0.316. The van der Waals surface area contributed by atoms with E-state index >= 15 is 0 Å². The average molecular weight is 372 g/mol. The minimum Gasteiger partial charge on any atom is -0.347 e. The van der Waals surface area contributed by atoms with Crippen LogP contribution in [0.15, 0.2) is 42.7 Å². The van der Waals surface area contributed by atoms with Gasteiger partial charge in [-0.25, -0.2) is 13.6 Å². The Bertz CT molecular complexity index is 857. The van der Waals surface area contributed by atoms with Crippen molar-refractivity contribution in [1.29, 1.82) is 0 Å². The normalized spacial score (nSPS) is 23.3. The van der Waals surface area contributed by atoms with Crippen LogP contribution >= 0.6 is 0 Å². The van der Waals surface area contributed by atoms with E-state index in [-0.39, 0.29) is 23.7 Å². The zero-order valence-corrected chi connectivity index (χ0v) is 14.4. The number of carbonyl (C=O) groups is 2. The Morgan fingerprint density at radius 2 is 1.93 bits per heavy atom. The topological polar surface area (TPSA) is 74.3 Å². The van der Waals surface area contributed by atoms with Crippen LogP contribution < -0.4 is 10.6 Å². The highest BCUT2D eigenvalue weighted by molar-refractivity contribution is 5.94. The molecule has 1 saturated heterocycles. The average Bonchev–Trinajstić information content (AvgIpc) is 3.22. The Labute approximate surface area is 154 Å². The molecule has 1 aromatic heterocycles. The molecule has 2 heterocycles. The maximum Gasteiger partial charge on any atom is 0.322 e. The number of hydrogen-bond acceptors (Lipinski definition) is 3. The second-order valence-electron chi connectivity index (χ2n) is 6.97. The smallest absolute Gasteiger partial charge is 0.322 e. The summed E-state index contributed by atoms with van der Waals surface area (Å²) in [7, 11) is 0. The molecule has 1 aromatic carbocycles. The molecule has 0 unspecified atom stereocenters. The first-order chi connectivity index (χ1) is 13.0. The molecule has 2 aromatic rings. The second-order valence-corrected chi connectivity index (χ2v) is 6.97. The number of hydrogen-bond donors (Lipinski definition) is 2. The number of piperidine rings is 1. The van der Waals surface area contributed by atoms with Crippen molar-refractivity contribution in [2.24, 2.45) is 5.92 Å². The molecule has 2 aliphatic rings. The second kappa shape index (κ2) is 6.94. The van der Waals surface area contributed by atoms with E-state index in [4.69, 9.17) is 0 Å². The molecular weight excluding hydrogens is 354 g/mol. The van der Waals surface area contributed by atoms with E-state index in [9.17, 15) is 18.4 Å². The van der Waals surface area contributed by atoms with Crippen molar-refractivity contribution < 1.29 is 18.4 Å². The van der Waals surface area contributed by atoms with Crippen molar-refractivity contribution in [3.63, 3.8) is 0 Å². The Kier molecular flexibility index (Phi) is 4.47. The highest BCUT2D eigenvalue weighted by Crippen LogP contribution is 2.38.